The van der Waals surface area contributed by atoms with Crippen molar-refractivity contribution in [1.82, 2.24) is 0 Å². The van der Waals surface area contributed by atoms with Gasteiger partial charge in [0.2, 0.25) is 0 Å². The molecule has 2 aromatic rings. The Hall–Kier alpha value is -1.87. The second kappa shape index (κ2) is 5.41. The highest BCUT2D eigenvalue weighted by Gasteiger charge is 2.13. The number of benzene rings is 2. The van der Waals surface area contributed by atoms with E-state index in [0.29, 0.717) is 0 Å². The third-order valence-electron chi connectivity index (χ3n) is 3.13. The Kier molecular flexibility index (Phi) is 3.47. The highest BCUT2D eigenvalue weighted by molar-refractivity contribution is 8.03. The zero-order valence-electron chi connectivity index (χ0n) is 10.7. The smallest absolute Gasteiger partial charge is 0.118 e. The molecule has 0 aromatic heterocycles. The fourth-order valence-corrected chi connectivity index (χ4v) is 2.97. The Balaban J connectivity index is 1.82. The molecule has 0 aliphatic carbocycles. The van der Waals surface area contributed by atoms with Crippen LogP contribution in [0.1, 0.15) is 11.1 Å². The highest BCUT2D eigenvalue weighted by atomic mass is 32.2. The first-order valence-electron chi connectivity index (χ1n) is 6.19. The minimum atomic E-state index is 0.885. The summed E-state index contributed by atoms with van der Waals surface area (Å²) in [7, 11) is 1.69. The number of fused-ring (bicyclic) bond motifs is 1. The number of para-hydroxylation sites is 1. The SMILES string of the molecule is COc1ccc(CN2SC=Cc3ccccc32)cc1. The molecule has 96 valence electrons. The topological polar surface area (TPSA) is 12.5 Å². The summed E-state index contributed by atoms with van der Waals surface area (Å²) >= 11 is 1.73. The molecule has 1 aliphatic rings. The van der Waals surface area contributed by atoms with E-state index in [2.05, 4.69) is 52.2 Å². The summed E-state index contributed by atoms with van der Waals surface area (Å²) in [5.41, 5.74) is 3.82. The summed E-state index contributed by atoms with van der Waals surface area (Å²) in [6, 6.07) is 16.7. The van der Waals surface area contributed by atoms with Crippen LogP contribution in [0.15, 0.2) is 53.9 Å². The molecule has 0 radical (unpaired) electrons. The van der Waals surface area contributed by atoms with E-state index in [4.69, 9.17) is 4.74 Å². The molecule has 2 aromatic carbocycles. The van der Waals surface area contributed by atoms with Gasteiger partial charge in [0, 0.05) is 0 Å². The third kappa shape index (κ3) is 2.61. The van der Waals surface area contributed by atoms with Crippen molar-refractivity contribution in [2.45, 2.75) is 6.54 Å². The van der Waals surface area contributed by atoms with Crippen LogP contribution in [0.2, 0.25) is 0 Å². The van der Waals surface area contributed by atoms with Crippen molar-refractivity contribution in [1.29, 1.82) is 0 Å². The lowest BCUT2D eigenvalue weighted by Crippen LogP contribution is -2.15. The molecule has 3 heteroatoms. The van der Waals surface area contributed by atoms with Gasteiger partial charge in [0.15, 0.2) is 0 Å². The van der Waals surface area contributed by atoms with Crippen LogP contribution >= 0.6 is 11.9 Å². The predicted molar refractivity (Wildman–Crippen MR) is 82.2 cm³/mol. The van der Waals surface area contributed by atoms with Crippen LogP contribution in [0.3, 0.4) is 0 Å². The molecule has 0 bridgehead atoms. The van der Waals surface area contributed by atoms with Crippen molar-refractivity contribution in [3.05, 3.63) is 65.1 Å². The van der Waals surface area contributed by atoms with Crippen LogP contribution in [0.4, 0.5) is 5.69 Å². The van der Waals surface area contributed by atoms with Crippen LogP contribution in [-0.2, 0) is 6.54 Å². The third-order valence-corrected chi connectivity index (χ3v) is 3.96. The molecule has 0 atom stereocenters. The molecule has 0 unspecified atom stereocenters. The van der Waals surface area contributed by atoms with E-state index in [1.165, 1.54) is 16.8 Å². The largest absolute Gasteiger partial charge is 0.497 e. The molecule has 0 N–H and O–H groups in total. The standard InChI is InChI=1S/C16H15NOS/c1-18-15-8-6-13(7-9-15)12-17-16-5-3-2-4-14(16)10-11-19-17/h2-11H,12H2,1H3. The van der Waals surface area contributed by atoms with E-state index in [0.717, 1.165) is 12.3 Å². The lowest BCUT2D eigenvalue weighted by molar-refractivity contribution is 0.414. The Morgan fingerprint density at radius 1 is 1.05 bits per heavy atom. The monoisotopic (exact) mass is 269 g/mol. The van der Waals surface area contributed by atoms with Gasteiger partial charge in [-0.2, -0.15) is 0 Å². The fourth-order valence-electron chi connectivity index (χ4n) is 2.11. The van der Waals surface area contributed by atoms with Crippen molar-refractivity contribution in [3.8, 4) is 5.75 Å². The molecule has 19 heavy (non-hydrogen) atoms. The molecular weight excluding hydrogens is 254 g/mol. The van der Waals surface area contributed by atoms with E-state index in [9.17, 15) is 0 Å². The Bertz CT molecular complexity index is 592. The molecular formula is C16H15NOS. The number of anilines is 1. The van der Waals surface area contributed by atoms with E-state index in [1.807, 2.05) is 12.1 Å². The van der Waals surface area contributed by atoms with Gasteiger partial charge in [0.25, 0.3) is 0 Å². The quantitative estimate of drug-likeness (QED) is 0.769. The molecule has 2 nitrogen and oxygen atoms in total. The van der Waals surface area contributed by atoms with Gasteiger partial charge >= 0.3 is 0 Å². The first kappa shape index (κ1) is 12.2. The Morgan fingerprint density at radius 2 is 1.84 bits per heavy atom. The van der Waals surface area contributed by atoms with E-state index in [1.54, 1.807) is 19.1 Å². The lowest BCUT2D eigenvalue weighted by atomic mass is 10.1. The molecule has 0 spiro atoms. The van der Waals surface area contributed by atoms with Gasteiger partial charge < -0.3 is 9.04 Å². The molecule has 0 saturated carbocycles. The van der Waals surface area contributed by atoms with Crippen LogP contribution in [-0.4, -0.2) is 7.11 Å². The first-order valence-corrected chi connectivity index (χ1v) is 7.03. The van der Waals surface area contributed by atoms with Crippen LogP contribution in [0, 0.1) is 0 Å². The second-order valence-corrected chi connectivity index (χ2v) is 5.28. The van der Waals surface area contributed by atoms with Gasteiger partial charge in [-0.15, -0.1) is 0 Å². The molecule has 1 heterocycles. The summed E-state index contributed by atoms with van der Waals surface area (Å²) < 4.78 is 7.49. The van der Waals surface area contributed by atoms with Gasteiger partial charge in [0.05, 0.1) is 19.3 Å². The van der Waals surface area contributed by atoms with E-state index in [-0.39, 0.29) is 0 Å². The average Bonchev–Trinajstić information content (AvgIpc) is 2.48. The number of hydrogen-bond acceptors (Lipinski definition) is 3. The average molecular weight is 269 g/mol. The molecule has 3 rings (SSSR count). The minimum Gasteiger partial charge on any atom is -0.497 e. The molecule has 1 aliphatic heterocycles. The van der Waals surface area contributed by atoms with Gasteiger partial charge in [0.1, 0.15) is 5.75 Å². The Morgan fingerprint density at radius 3 is 2.63 bits per heavy atom. The summed E-state index contributed by atoms with van der Waals surface area (Å²) in [5.74, 6) is 0.898. The molecule has 0 saturated heterocycles. The van der Waals surface area contributed by atoms with Gasteiger partial charge in [-0.1, -0.05) is 30.3 Å². The molecule has 0 fully saturated rings. The first-order chi connectivity index (χ1) is 9.36. The lowest BCUT2D eigenvalue weighted by Gasteiger charge is -2.26. The van der Waals surface area contributed by atoms with Crippen molar-refractivity contribution in [2.24, 2.45) is 0 Å². The van der Waals surface area contributed by atoms with Crippen LogP contribution < -0.4 is 9.04 Å². The summed E-state index contributed by atoms with van der Waals surface area (Å²) in [6.45, 7) is 0.885. The fraction of sp³-hybridized carbons (Fsp3) is 0.125. The zero-order valence-corrected chi connectivity index (χ0v) is 11.6. The highest BCUT2D eigenvalue weighted by Crippen LogP contribution is 2.34. The van der Waals surface area contributed by atoms with Crippen LogP contribution in [0.5, 0.6) is 5.75 Å². The number of nitrogens with zero attached hydrogens (tertiary/aromatic N) is 1. The number of hydrogen-bond donors (Lipinski definition) is 0. The van der Waals surface area contributed by atoms with E-state index >= 15 is 0 Å². The summed E-state index contributed by atoms with van der Waals surface area (Å²) in [6.07, 6.45) is 2.16. The van der Waals surface area contributed by atoms with Crippen LogP contribution in [0.25, 0.3) is 6.08 Å². The molecule has 0 amide bonds. The maximum atomic E-state index is 5.19. The number of ether oxygens (including phenoxy) is 1. The van der Waals surface area contributed by atoms with Crippen molar-refractivity contribution in [2.75, 3.05) is 11.4 Å². The predicted octanol–water partition coefficient (Wildman–Crippen LogP) is 4.33. The van der Waals surface area contributed by atoms with Gasteiger partial charge in [-0.25, -0.2) is 0 Å². The van der Waals surface area contributed by atoms with E-state index < -0.39 is 0 Å². The zero-order chi connectivity index (χ0) is 13.1. The number of rotatable bonds is 3. The Labute approximate surface area is 117 Å². The van der Waals surface area contributed by atoms with Gasteiger partial charge in [-0.05, 0) is 52.8 Å². The normalized spacial score (nSPS) is 13.2. The number of methoxy groups -OCH3 is 1. The maximum absolute atomic E-state index is 5.19. The second-order valence-electron chi connectivity index (χ2n) is 4.35. The van der Waals surface area contributed by atoms with Crippen molar-refractivity contribution in [3.63, 3.8) is 0 Å². The maximum Gasteiger partial charge on any atom is 0.118 e. The van der Waals surface area contributed by atoms with Crippen molar-refractivity contribution < 1.29 is 4.74 Å². The summed E-state index contributed by atoms with van der Waals surface area (Å²) in [5, 5.41) is 2.13. The minimum absolute atomic E-state index is 0.885. The summed E-state index contributed by atoms with van der Waals surface area (Å²) in [4.78, 5) is 0. The van der Waals surface area contributed by atoms with Gasteiger partial charge in [-0.3, -0.25) is 0 Å². The van der Waals surface area contributed by atoms with Crippen molar-refractivity contribution >= 4 is 23.7 Å².